The molecule has 0 bridgehead atoms. The van der Waals surface area contributed by atoms with Crippen LogP contribution in [0.2, 0.25) is 0 Å². The van der Waals surface area contributed by atoms with E-state index in [1.807, 2.05) is 30.3 Å². The van der Waals surface area contributed by atoms with Crippen LogP contribution in [0.1, 0.15) is 23.7 Å². The third-order valence-corrected chi connectivity index (χ3v) is 5.81. The molecular weight excluding hydrogens is 583 g/mol. The lowest BCUT2D eigenvalue weighted by Crippen LogP contribution is -2.47. The quantitative estimate of drug-likeness (QED) is 0.205. The molecule has 44 heavy (non-hydrogen) atoms. The van der Waals surface area contributed by atoms with Crippen LogP contribution in [-0.2, 0) is 28.7 Å². The molecule has 14 heteroatoms. The van der Waals surface area contributed by atoms with E-state index in [1.165, 1.54) is 12.1 Å². The first-order valence-corrected chi connectivity index (χ1v) is 13.2. The molecule has 0 aromatic heterocycles. The minimum Gasteiger partial charge on any atom is -0.481 e. The Hall–Kier alpha value is -4.92. The summed E-state index contributed by atoms with van der Waals surface area (Å²) in [5, 5.41) is 40.0. The molecule has 1 fully saturated rings. The lowest BCUT2D eigenvalue weighted by molar-refractivity contribution is -0.137. The third kappa shape index (κ3) is 17.8. The maximum Gasteiger partial charge on any atom is 0.328 e. The molecule has 0 radical (unpaired) electrons. The van der Waals surface area contributed by atoms with Crippen molar-refractivity contribution in [2.45, 2.75) is 12.5 Å². The Labute approximate surface area is 252 Å². The third-order valence-electron chi connectivity index (χ3n) is 5.81. The van der Waals surface area contributed by atoms with E-state index < -0.39 is 29.8 Å². The van der Waals surface area contributed by atoms with Gasteiger partial charge in [0.2, 0.25) is 0 Å². The van der Waals surface area contributed by atoms with Crippen LogP contribution in [0.4, 0.5) is 4.39 Å². The zero-order chi connectivity index (χ0) is 32.9. The van der Waals surface area contributed by atoms with Gasteiger partial charge in [-0.15, -0.1) is 0 Å². The van der Waals surface area contributed by atoms with Gasteiger partial charge in [0.05, 0.1) is 13.0 Å². The SMILES string of the molecule is O=C(O)/C=C/C(=O)O.O=C(O)/C=C/C(=O)O.O=C(O)CCN1CCN(CCOC(c2ccccc2)c2ccc(F)cc2)CC1. The van der Waals surface area contributed by atoms with Crippen LogP contribution in [-0.4, -0.2) is 111 Å². The van der Waals surface area contributed by atoms with E-state index in [0.29, 0.717) is 37.5 Å². The first-order valence-electron chi connectivity index (χ1n) is 13.2. The van der Waals surface area contributed by atoms with Gasteiger partial charge in [-0.25, -0.2) is 23.6 Å². The smallest absolute Gasteiger partial charge is 0.328 e. The monoisotopic (exact) mass is 618 g/mol. The van der Waals surface area contributed by atoms with Crippen LogP contribution >= 0.6 is 0 Å². The first-order chi connectivity index (χ1) is 20.9. The van der Waals surface area contributed by atoms with Crippen LogP contribution < -0.4 is 0 Å². The maximum absolute atomic E-state index is 13.3. The molecule has 0 aliphatic carbocycles. The number of halogens is 1. The number of carbonyl (C=O) groups is 5. The van der Waals surface area contributed by atoms with Crippen molar-refractivity contribution in [3.05, 3.63) is 95.8 Å². The van der Waals surface area contributed by atoms with Gasteiger partial charge in [0.1, 0.15) is 11.9 Å². The van der Waals surface area contributed by atoms with Crippen molar-refractivity contribution >= 4 is 29.8 Å². The molecule has 0 spiro atoms. The number of ether oxygens (including phenoxy) is 1. The number of hydrogen-bond donors (Lipinski definition) is 5. The number of nitrogens with zero attached hydrogens (tertiary/aromatic N) is 2. The number of carboxylic acid groups (broad SMARTS) is 5. The average Bonchev–Trinajstić information content (AvgIpc) is 2.98. The van der Waals surface area contributed by atoms with Crippen molar-refractivity contribution in [2.75, 3.05) is 45.9 Å². The van der Waals surface area contributed by atoms with E-state index in [0.717, 1.165) is 43.9 Å². The molecule has 238 valence electrons. The lowest BCUT2D eigenvalue weighted by atomic mass is 10.0. The molecule has 2 aromatic rings. The van der Waals surface area contributed by atoms with Gasteiger partial charge in [-0.05, 0) is 23.3 Å². The van der Waals surface area contributed by atoms with Crippen molar-refractivity contribution in [2.24, 2.45) is 0 Å². The molecule has 1 unspecified atom stereocenters. The second kappa shape index (κ2) is 20.9. The highest BCUT2D eigenvalue weighted by atomic mass is 19.1. The fraction of sp³-hybridized carbons (Fsp3) is 0.300. The van der Waals surface area contributed by atoms with E-state index >= 15 is 0 Å². The molecule has 0 amide bonds. The summed E-state index contributed by atoms with van der Waals surface area (Å²) in [6.07, 6.45) is 2.20. The molecule has 1 saturated heterocycles. The summed E-state index contributed by atoms with van der Waals surface area (Å²) in [5.41, 5.74) is 1.98. The Morgan fingerprint density at radius 1 is 0.659 bits per heavy atom. The van der Waals surface area contributed by atoms with Gasteiger partial charge in [0.15, 0.2) is 0 Å². The van der Waals surface area contributed by atoms with Gasteiger partial charge in [-0.2, -0.15) is 0 Å². The normalized spacial score (nSPS) is 14.1. The zero-order valence-electron chi connectivity index (χ0n) is 23.7. The highest BCUT2D eigenvalue weighted by Gasteiger charge is 2.19. The zero-order valence-corrected chi connectivity index (χ0v) is 23.7. The van der Waals surface area contributed by atoms with Crippen molar-refractivity contribution in [1.29, 1.82) is 0 Å². The summed E-state index contributed by atoms with van der Waals surface area (Å²) < 4.78 is 19.5. The summed E-state index contributed by atoms with van der Waals surface area (Å²) in [4.78, 5) is 53.4. The van der Waals surface area contributed by atoms with Crippen molar-refractivity contribution in [3.63, 3.8) is 0 Å². The topological polar surface area (TPSA) is 202 Å². The van der Waals surface area contributed by atoms with E-state index in [2.05, 4.69) is 9.80 Å². The molecule has 1 atom stereocenters. The van der Waals surface area contributed by atoms with Gasteiger partial charge < -0.3 is 35.2 Å². The Balaban J connectivity index is 0.000000498. The second-order valence-electron chi connectivity index (χ2n) is 9.06. The van der Waals surface area contributed by atoms with Gasteiger partial charge in [0.25, 0.3) is 0 Å². The standard InChI is InChI=1S/C22H27FN2O3.2C4H4O4/c23-20-8-6-19(7-9-20)22(18-4-2-1-3-5-18)28-17-16-25-14-12-24(13-15-25)11-10-21(26)27;2*5-3(6)1-2-4(7)8/h1-9,22H,10-17H2,(H,26,27);2*1-2H,(H,5,6)(H,7,8)/b;2*2-1+. The number of benzene rings is 2. The van der Waals surface area contributed by atoms with Crippen molar-refractivity contribution in [3.8, 4) is 0 Å². The number of rotatable bonds is 13. The first kappa shape index (κ1) is 37.1. The summed E-state index contributed by atoms with van der Waals surface area (Å²) in [6, 6.07) is 16.4. The molecule has 2 aromatic carbocycles. The van der Waals surface area contributed by atoms with Crippen LogP contribution in [0, 0.1) is 5.82 Å². The fourth-order valence-electron chi connectivity index (χ4n) is 3.73. The Kier molecular flexibility index (Phi) is 17.6. The minimum atomic E-state index is -1.26. The molecule has 3 rings (SSSR count). The van der Waals surface area contributed by atoms with Crippen molar-refractivity contribution in [1.82, 2.24) is 9.80 Å². The molecule has 1 aliphatic heterocycles. The van der Waals surface area contributed by atoms with Gasteiger partial charge >= 0.3 is 29.8 Å². The molecule has 0 saturated carbocycles. The highest BCUT2D eigenvalue weighted by molar-refractivity contribution is 5.90. The maximum atomic E-state index is 13.3. The fourth-order valence-corrected chi connectivity index (χ4v) is 3.73. The molecule has 1 aliphatic rings. The van der Waals surface area contributed by atoms with E-state index in [4.69, 9.17) is 30.3 Å². The minimum absolute atomic E-state index is 0.194. The predicted molar refractivity (Wildman–Crippen MR) is 155 cm³/mol. The summed E-state index contributed by atoms with van der Waals surface area (Å²) in [5.74, 6) is -6.03. The number of hydrogen-bond acceptors (Lipinski definition) is 8. The number of carboxylic acids is 5. The van der Waals surface area contributed by atoms with Crippen LogP contribution in [0.3, 0.4) is 0 Å². The van der Waals surface area contributed by atoms with Gasteiger partial charge in [0, 0.05) is 63.6 Å². The van der Waals surface area contributed by atoms with Crippen LogP contribution in [0.5, 0.6) is 0 Å². The molecule has 13 nitrogen and oxygen atoms in total. The van der Waals surface area contributed by atoms with Crippen molar-refractivity contribution < 1.29 is 58.6 Å². The lowest BCUT2D eigenvalue weighted by Gasteiger charge is -2.34. The molecule has 1 heterocycles. The predicted octanol–water partition coefficient (Wildman–Crippen LogP) is 2.45. The van der Waals surface area contributed by atoms with Crippen LogP contribution in [0.25, 0.3) is 0 Å². The summed E-state index contributed by atoms with van der Waals surface area (Å²) >= 11 is 0. The molecule has 5 N–H and O–H groups in total. The Bertz CT molecular complexity index is 1190. The van der Waals surface area contributed by atoms with Crippen LogP contribution in [0.15, 0.2) is 78.9 Å². The summed E-state index contributed by atoms with van der Waals surface area (Å²) in [6.45, 7) is 5.59. The molecular formula is C30H35FN2O11. The van der Waals surface area contributed by atoms with E-state index in [1.54, 1.807) is 12.1 Å². The van der Waals surface area contributed by atoms with E-state index in [-0.39, 0.29) is 18.3 Å². The Morgan fingerprint density at radius 3 is 1.48 bits per heavy atom. The van der Waals surface area contributed by atoms with Gasteiger partial charge in [-0.3, -0.25) is 9.69 Å². The average molecular weight is 619 g/mol. The summed E-state index contributed by atoms with van der Waals surface area (Å²) in [7, 11) is 0. The largest absolute Gasteiger partial charge is 0.481 e. The number of piperazine rings is 1. The van der Waals surface area contributed by atoms with Gasteiger partial charge in [-0.1, -0.05) is 42.5 Å². The van der Waals surface area contributed by atoms with E-state index in [9.17, 15) is 28.4 Å². The second-order valence-corrected chi connectivity index (χ2v) is 9.06. The Morgan fingerprint density at radius 2 is 1.07 bits per heavy atom. The number of aliphatic carboxylic acids is 5. The highest BCUT2D eigenvalue weighted by Crippen LogP contribution is 2.26.